The van der Waals surface area contributed by atoms with Crippen molar-refractivity contribution in [1.82, 2.24) is 5.32 Å². The first-order chi connectivity index (χ1) is 7.63. The van der Waals surface area contributed by atoms with Gasteiger partial charge in [-0.25, -0.2) is 0 Å². The zero-order valence-electron chi connectivity index (χ0n) is 9.98. The van der Waals surface area contributed by atoms with Crippen molar-refractivity contribution in [1.29, 1.82) is 0 Å². The molecule has 0 aliphatic carbocycles. The van der Waals surface area contributed by atoms with Gasteiger partial charge in [0.1, 0.15) is 5.75 Å². The molecule has 16 heavy (non-hydrogen) atoms. The molecule has 2 atom stereocenters. The molecule has 0 aliphatic heterocycles. The standard InChI is InChI=1S/C13H21NO2/c1-3-5-10(2)14-9-13(16)11-6-4-7-12(15)8-11/h4,6-8,10,13-16H,3,5,9H2,1-2H3/t10-,13+/m0/s1. The molecule has 0 bridgehead atoms. The van der Waals surface area contributed by atoms with Crippen LogP contribution in [0.4, 0.5) is 0 Å². The minimum absolute atomic E-state index is 0.193. The first-order valence-electron chi connectivity index (χ1n) is 5.84. The van der Waals surface area contributed by atoms with E-state index in [1.807, 2.05) is 6.07 Å². The second kappa shape index (κ2) is 6.51. The summed E-state index contributed by atoms with van der Waals surface area (Å²) in [6, 6.07) is 7.16. The molecule has 0 spiro atoms. The van der Waals surface area contributed by atoms with E-state index >= 15 is 0 Å². The summed E-state index contributed by atoms with van der Waals surface area (Å²) < 4.78 is 0. The predicted octanol–water partition coefficient (Wildman–Crippen LogP) is 2.20. The van der Waals surface area contributed by atoms with Gasteiger partial charge in [-0.05, 0) is 31.0 Å². The summed E-state index contributed by atoms with van der Waals surface area (Å²) in [6.07, 6.45) is 1.68. The molecule has 0 aliphatic rings. The quantitative estimate of drug-likeness (QED) is 0.693. The molecule has 0 radical (unpaired) electrons. The van der Waals surface area contributed by atoms with Gasteiger partial charge in [0.25, 0.3) is 0 Å². The van der Waals surface area contributed by atoms with Crippen molar-refractivity contribution in [2.45, 2.75) is 38.8 Å². The van der Waals surface area contributed by atoms with Gasteiger partial charge in [0.05, 0.1) is 6.10 Å². The van der Waals surface area contributed by atoms with Crippen molar-refractivity contribution < 1.29 is 10.2 Å². The molecule has 0 amide bonds. The van der Waals surface area contributed by atoms with Crippen LogP contribution in [0, 0.1) is 0 Å². The molecular formula is C13H21NO2. The molecule has 0 saturated carbocycles. The number of benzene rings is 1. The van der Waals surface area contributed by atoms with Gasteiger partial charge < -0.3 is 15.5 Å². The first-order valence-corrected chi connectivity index (χ1v) is 5.84. The van der Waals surface area contributed by atoms with E-state index in [1.165, 1.54) is 0 Å². The van der Waals surface area contributed by atoms with Gasteiger partial charge in [0, 0.05) is 12.6 Å². The maximum absolute atomic E-state index is 9.89. The molecule has 1 aromatic rings. The third kappa shape index (κ3) is 4.21. The third-order valence-electron chi connectivity index (χ3n) is 2.64. The number of rotatable bonds is 6. The summed E-state index contributed by atoms with van der Waals surface area (Å²) in [7, 11) is 0. The zero-order chi connectivity index (χ0) is 12.0. The normalized spacial score (nSPS) is 14.7. The molecule has 0 saturated heterocycles. The van der Waals surface area contributed by atoms with Crippen molar-refractivity contribution in [2.24, 2.45) is 0 Å². The van der Waals surface area contributed by atoms with Gasteiger partial charge in [-0.1, -0.05) is 25.5 Å². The molecule has 0 heterocycles. The van der Waals surface area contributed by atoms with Crippen LogP contribution in [0.25, 0.3) is 0 Å². The number of aliphatic hydroxyl groups excluding tert-OH is 1. The highest BCUT2D eigenvalue weighted by molar-refractivity contribution is 5.28. The summed E-state index contributed by atoms with van der Waals surface area (Å²) in [4.78, 5) is 0. The van der Waals surface area contributed by atoms with Crippen molar-refractivity contribution in [2.75, 3.05) is 6.54 Å². The Balaban J connectivity index is 2.43. The van der Waals surface area contributed by atoms with Crippen LogP contribution < -0.4 is 5.32 Å². The molecule has 1 rings (SSSR count). The fourth-order valence-electron chi connectivity index (χ4n) is 1.70. The minimum atomic E-state index is -0.564. The molecule has 3 heteroatoms. The van der Waals surface area contributed by atoms with Crippen LogP contribution in [0.5, 0.6) is 5.75 Å². The van der Waals surface area contributed by atoms with E-state index in [2.05, 4.69) is 19.2 Å². The monoisotopic (exact) mass is 223 g/mol. The van der Waals surface area contributed by atoms with Gasteiger partial charge in [-0.2, -0.15) is 0 Å². The van der Waals surface area contributed by atoms with E-state index < -0.39 is 6.10 Å². The van der Waals surface area contributed by atoms with Crippen LogP contribution in [0.15, 0.2) is 24.3 Å². The summed E-state index contributed by atoms with van der Waals surface area (Å²) in [5.41, 5.74) is 0.746. The summed E-state index contributed by atoms with van der Waals surface area (Å²) in [5.74, 6) is 0.193. The number of aromatic hydroxyl groups is 1. The SMILES string of the molecule is CCC[C@H](C)NC[C@@H](O)c1cccc(O)c1. The summed E-state index contributed by atoms with van der Waals surface area (Å²) in [5, 5.41) is 22.5. The second-order valence-corrected chi connectivity index (χ2v) is 4.21. The Morgan fingerprint density at radius 1 is 1.38 bits per heavy atom. The second-order valence-electron chi connectivity index (χ2n) is 4.21. The summed E-state index contributed by atoms with van der Waals surface area (Å²) in [6.45, 7) is 4.77. The predicted molar refractivity (Wildman–Crippen MR) is 65.4 cm³/mol. The van der Waals surface area contributed by atoms with Gasteiger partial charge >= 0.3 is 0 Å². The first kappa shape index (κ1) is 13.0. The lowest BCUT2D eigenvalue weighted by molar-refractivity contribution is 0.169. The fourth-order valence-corrected chi connectivity index (χ4v) is 1.70. The fraction of sp³-hybridized carbons (Fsp3) is 0.538. The molecule has 90 valence electrons. The molecule has 3 N–H and O–H groups in total. The number of phenolic OH excluding ortho intramolecular Hbond substituents is 1. The van der Waals surface area contributed by atoms with Crippen LogP contribution in [0.1, 0.15) is 38.4 Å². The lowest BCUT2D eigenvalue weighted by Crippen LogP contribution is -2.30. The average molecular weight is 223 g/mol. The Bertz CT molecular complexity index is 315. The van der Waals surface area contributed by atoms with Crippen molar-refractivity contribution >= 4 is 0 Å². The topological polar surface area (TPSA) is 52.5 Å². The lowest BCUT2D eigenvalue weighted by Gasteiger charge is -2.16. The zero-order valence-corrected chi connectivity index (χ0v) is 9.98. The number of nitrogens with one attached hydrogen (secondary N) is 1. The van der Waals surface area contributed by atoms with Gasteiger partial charge in [-0.15, -0.1) is 0 Å². The molecule has 0 aromatic heterocycles. The van der Waals surface area contributed by atoms with Gasteiger partial charge in [0.2, 0.25) is 0 Å². The molecular weight excluding hydrogens is 202 g/mol. The number of aliphatic hydroxyl groups is 1. The van der Waals surface area contributed by atoms with Gasteiger partial charge in [0.15, 0.2) is 0 Å². The highest BCUT2D eigenvalue weighted by Crippen LogP contribution is 2.17. The Hall–Kier alpha value is -1.06. The third-order valence-corrected chi connectivity index (χ3v) is 2.64. The molecule has 1 aromatic carbocycles. The van der Waals surface area contributed by atoms with E-state index in [4.69, 9.17) is 0 Å². The largest absolute Gasteiger partial charge is 0.508 e. The number of hydrogen-bond acceptors (Lipinski definition) is 3. The molecule has 0 fully saturated rings. The Kier molecular flexibility index (Phi) is 5.29. The molecule has 0 unspecified atom stereocenters. The number of phenols is 1. The van der Waals surface area contributed by atoms with Crippen LogP contribution in [0.3, 0.4) is 0 Å². The van der Waals surface area contributed by atoms with Crippen molar-refractivity contribution in [3.8, 4) is 5.75 Å². The van der Waals surface area contributed by atoms with Crippen LogP contribution in [-0.2, 0) is 0 Å². The Morgan fingerprint density at radius 3 is 2.75 bits per heavy atom. The molecule has 3 nitrogen and oxygen atoms in total. The number of hydrogen-bond donors (Lipinski definition) is 3. The smallest absolute Gasteiger partial charge is 0.115 e. The van der Waals surface area contributed by atoms with E-state index in [0.29, 0.717) is 12.6 Å². The van der Waals surface area contributed by atoms with E-state index in [-0.39, 0.29) is 5.75 Å². The van der Waals surface area contributed by atoms with E-state index in [9.17, 15) is 10.2 Å². The minimum Gasteiger partial charge on any atom is -0.508 e. The van der Waals surface area contributed by atoms with Gasteiger partial charge in [-0.3, -0.25) is 0 Å². The van der Waals surface area contributed by atoms with Crippen LogP contribution in [-0.4, -0.2) is 22.8 Å². The summed E-state index contributed by atoms with van der Waals surface area (Å²) >= 11 is 0. The maximum atomic E-state index is 9.89. The van der Waals surface area contributed by atoms with E-state index in [0.717, 1.165) is 18.4 Å². The maximum Gasteiger partial charge on any atom is 0.115 e. The van der Waals surface area contributed by atoms with Crippen molar-refractivity contribution in [3.05, 3.63) is 29.8 Å². The highest BCUT2D eigenvalue weighted by Gasteiger charge is 2.09. The van der Waals surface area contributed by atoms with Crippen LogP contribution >= 0.6 is 0 Å². The highest BCUT2D eigenvalue weighted by atomic mass is 16.3. The average Bonchev–Trinajstić information content (AvgIpc) is 2.26. The Labute approximate surface area is 97.1 Å². The van der Waals surface area contributed by atoms with E-state index in [1.54, 1.807) is 18.2 Å². The lowest BCUT2D eigenvalue weighted by atomic mass is 10.1. The van der Waals surface area contributed by atoms with Crippen molar-refractivity contribution in [3.63, 3.8) is 0 Å². The van der Waals surface area contributed by atoms with Crippen LogP contribution in [0.2, 0.25) is 0 Å². The Morgan fingerprint density at radius 2 is 2.12 bits per heavy atom.